The Morgan fingerprint density at radius 2 is 1.09 bits per heavy atom. The summed E-state index contributed by atoms with van der Waals surface area (Å²) in [4.78, 5) is 21.7. The lowest BCUT2D eigenvalue weighted by Gasteiger charge is -2.07. The van der Waals surface area contributed by atoms with Gasteiger partial charge in [0.1, 0.15) is 5.56 Å². The number of carbonyl (C=O) groups is 2. The van der Waals surface area contributed by atoms with Crippen LogP contribution in [0.5, 0.6) is 11.5 Å². The minimum atomic E-state index is -1.67. The quantitative estimate of drug-likeness (QED) is 0.347. The number of rotatable bonds is 4. The Kier molecular flexibility index (Phi) is 23.1. The van der Waals surface area contributed by atoms with Crippen molar-refractivity contribution in [1.82, 2.24) is 0 Å². The average molecular weight is 680 g/mol. The van der Waals surface area contributed by atoms with E-state index < -0.39 is 32.0 Å². The summed E-state index contributed by atoms with van der Waals surface area (Å²) in [5.41, 5.74) is -0.0185. The molecule has 0 unspecified atom stereocenters. The van der Waals surface area contributed by atoms with Crippen LogP contribution in [0.25, 0.3) is 0 Å². The summed E-state index contributed by atoms with van der Waals surface area (Å²) in [5, 5.41) is 8.95. The molecule has 0 spiro atoms. The lowest BCUT2D eigenvalue weighted by atomic mass is 10.2. The van der Waals surface area contributed by atoms with Crippen LogP contribution in [-0.4, -0.2) is 43.2 Å². The van der Waals surface area contributed by atoms with Crippen molar-refractivity contribution >= 4 is 124 Å². The van der Waals surface area contributed by atoms with Gasteiger partial charge in [-0.05, 0) is 35.9 Å². The van der Waals surface area contributed by atoms with Crippen molar-refractivity contribution in [2.45, 2.75) is 0 Å². The Morgan fingerprint density at radius 3 is 1.29 bits per heavy atom. The molecule has 0 bridgehead atoms. The van der Waals surface area contributed by atoms with Gasteiger partial charge in [-0.2, -0.15) is 8.42 Å². The third kappa shape index (κ3) is 14.1. The molecular formula is C16H12Cl8O8S2. The van der Waals surface area contributed by atoms with Gasteiger partial charge in [0, 0.05) is 21.4 Å². The largest absolute Gasteiger partial charge is 0.494 e. The van der Waals surface area contributed by atoms with Crippen molar-refractivity contribution in [2.24, 2.45) is 0 Å². The standard InChI is InChI=1S/C8H5Cl3O2.C8H6Cl2O3.Cl2OS.ClH.O2S/c2*1-13-7-5(10)3-2-4(9)6(7)8(11)12;1-4(2)3;;1-3-2/h2-3H,1H3;2-3H,1H3,(H,11,12);;1H;. The monoisotopic (exact) mass is 676 g/mol. The normalized spacial score (nSPS) is 8.88. The number of methoxy groups -OCH3 is 2. The van der Waals surface area contributed by atoms with Crippen LogP contribution in [0.1, 0.15) is 20.7 Å². The lowest BCUT2D eigenvalue weighted by Crippen LogP contribution is -2.01. The summed E-state index contributed by atoms with van der Waals surface area (Å²) >= 11 is 27.4. The summed E-state index contributed by atoms with van der Waals surface area (Å²) in [6.07, 6.45) is 0. The summed E-state index contributed by atoms with van der Waals surface area (Å²) in [5.74, 6) is -0.875. The third-order valence-electron chi connectivity index (χ3n) is 2.94. The first-order valence-electron chi connectivity index (χ1n) is 7.43. The fraction of sp³-hybridized carbons (Fsp3) is 0.125. The first kappa shape index (κ1) is 38.0. The maximum absolute atomic E-state index is 10.9. The zero-order valence-corrected chi connectivity index (χ0v) is 24.2. The van der Waals surface area contributed by atoms with Crippen LogP contribution in [-0.2, 0) is 20.8 Å². The third-order valence-corrected chi connectivity index (χ3v) is 4.35. The second-order valence-corrected chi connectivity index (χ2v) is 9.34. The van der Waals surface area contributed by atoms with E-state index in [1.807, 2.05) is 0 Å². The first-order chi connectivity index (χ1) is 15.3. The fourth-order valence-corrected chi connectivity index (χ4v) is 3.02. The molecule has 0 saturated heterocycles. The summed E-state index contributed by atoms with van der Waals surface area (Å²) in [6.45, 7) is 0. The van der Waals surface area contributed by atoms with Crippen LogP contribution in [0.3, 0.4) is 0 Å². The Labute approximate surface area is 240 Å². The molecule has 0 saturated carbocycles. The van der Waals surface area contributed by atoms with Gasteiger partial charge in [-0.15, -0.1) is 12.4 Å². The zero-order chi connectivity index (χ0) is 26.3. The molecule has 0 aromatic heterocycles. The highest BCUT2D eigenvalue weighted by Crippen LogP contribution is 2.35. The van der Waals surface area contributed by atoms with E-state index in [0.717, 1.165) is 0 Å². The SMILES string of the molecule is COc1c(Cl)ccc(Cl)c1C(=O)Cl.COc1c(Cl)ccc(Cl)c1C(=O)O.Cl.O=S(Cl)Cl.O=S=O. The number of benzene rings is 2. The van der Waals surface area contributed by atoms with E-state index >= 15 is 0 Å². The van der Waals surface area contributed by atoms with E-state index in [4.69, 9.17) is 85.2 Å². The van der Waals surface area contributed by atoms with Gasteiger partial charge in [-0.25, -0.2) is 9.00 Å². The van der Waals surface area contributed by atoms with Crippen molar-refractivity contribution in [1.29, 1.82) is 0 Å². The Bertz CT molecular complexity index is 959. The smallest absolute Gasteiger partial charge is 0.341 e. The van der Waals surface area contributed by atoms with Crippen molar-refractivity contribution in [3.8, 4) is 11.5 Å². The Balaban J connectivity index is -0.000000435. The summed E-state index contributed by atoms with van der Waals surface area (Å²) < 4.78 is 35.4. The molecule has 18 heteroatoms. The van der Waals surface area contributed by atoms with Crippen LogP contribution in [0.4, 0.5) is 0 Å². The highest BCUT2D eigenvalue weighted by atomic mass is 36.0. The molecular weight excluding hydrogens is 668 g/mol. The predicted octanol–water partition coefficient (Wildman–Crippen LogP) is 6.88. The molecule has 0 aliphatic rings. The molecule has 0 aliphatic carbocycles. The highest BCUT2D eigenvalue weighted by Gasteiger charge is 2.18. The van der Waals surface area contributed by atoms with Gasteiger partial charge in [0.25, 0.3) is 5.24 Å². The lowest BCUT2D eigenvalue weighted by molar-refractivity contribution is 0.0693. The number of aromatic carboxylic acids is 1. The number of carboxylic acid groups (broad SMARTS) is 1. The molecule has 0 amide bonds. The van der Waals surface area contributed by atoms with Crippen LogP contribution in [0.2, 0.25) is 20.1 Å². The minimum absolute atomic E-state index is 0. The van der Waals surface area contributed by atoms with Gasteiger partial charge < -0.3 is 14.6 Å². The average Bonchev–Trinajstić information content (AvgIpc) is 2.71. The number of ether oxygens (including phenoxy) is 2. The molecule has 8 nitrogen and oxygen atoms in total. The van der Waals surface area contributed by atoms with Crippen LogP contribution < -0.4 is 9.47 Å². The van der Waals surface area contributed by atoms with Gasteiger partial charge >= 0.3 is 17.5 Å². The number of halogens is 8. The molecule has 2 rings (SSSR count). The van der Waals surface area contributed by atoms with E-state index in [9.17, 15) is 9.59 Å². The molecule has 0 radical (unpaired) electrons. The second-order valence-electron chi connectivity index (χ2n) is 4.71. The Hall–Kier alpha value is -0.530. The maximum atomic E-state index is 10.9. The predicted molar refractivity (Wildman–Crippen MR) is 139 cm³/mol. The zero-order valence-electron chi connectivity index (χ0n) is 16.5. The van der Waals surface area contributed by atoms with Gasteiger partial charge in [-0.3, -0.25) is 4.79 Å². The van der Waals surface area contributed by atoms with Gasteiger partial charge in [0.15, 0.2) is 11.5 Å². The fourth-order valence-electron chi connectivity index (χ4n) is 1.85. The number of hydrogen-bond donors (Lipinski definition) is 1. The first-order valence-corrected chi connectivity index (χ1v) is 12.8. The van der Waals surface area contributed by atoms with Crippen LogP contribution in [0, 0.1) is 0 Å². The molecule has 1 N–H and O–H groups in total. The van der Waals surface area contributed by atoms with E-state index in [0.29, 0.717) is 5.02 Å². The topological polar surface area (TPSA) is 124 Å². The van der Waals surface area contributed by atoms with Gasteiger partial charge in [0.2, 0.25) is 9.23 Å². The minimum Gasteiger partial charge on any atom is -0.494 e. The molecule has 34 heavy (non-hydrogen) atoms. The van der Waals surface area contributed by atoms with Crippen LogP contribution in [0.15, 0.2) is 24.3 Å². The van der Waals surface area contributed by atoms with E-state index in [2.05, 4.69) is 21.4 Å². The molecule has 0 heterocycles. The number of carbonyl (C=O) groups excluding carboxylic acids is 1. The van der Waals surface area contributed by atoms with Crippen LogP contribution >= 0.6 is 91.8 Å². The number of carboxylic acids is 1. The summed E-state index contributed by atoms with van der Waals surface area (Å²) in [6, 6.07) is 5.92. The van der Waals surface area contributed by atoms with E-state index in [1.54, 1.807) is 0 Å². The van der Waals surface area contributed by atoms with Gasteiger partial charge in [0.05, 0.1) is 39.9 Å². The number of hydrogen-bond acceptors (Lipinski definition) is 7. The van der Waals surface area contributed by atoms with Crippen molar-refractivity contribution in [3.63, 3.8) is 0 Å². The van der Waals surface area contributed by atoms with Crippen molar-refractivity contribution in [3.05, 3.63) is 55.5 Å². The van der Waals surface area contributed by atoms with E-state index in [-0.39, 0.29) is 50.1 Å². The van der Waals surface area contributed by atoms with E-state index in [1.165, 1.54) is 38.5 Å². The van der Waals surface area contributed by atoms with Crippen molar-refractivity contribution < 1.29 is 36.8 Å². The Morgan fingerprint density at radius 1 is 0.824 bits per heavy atom. The molecule has 192 valence electrons. The molecule has 0 fully saturated rings. The van der Waals surface area contributed by atoms with Gasteiger partial charge in [-0.1, -0.05) is 46.4 Å². The molecule has 2 aromatic carbocycles. The second kappa shape index (κ2) is 20.6. The molecule has 0 atom stereocenters. The summed E-state index contributed by atoms with van der Waals surface area (Å²) in [7, 11) is 10.1. The molecule has 0 aliphatic heterocycles. The van der Waals surface area contributed by atoms with Crippen molar-refractivity contribution in [2.75, 3.05) is 14.2 Å². The highest BCUT2D eigenvalue weighted by molar-refractivity contribution is 8.26. The molecule has 2 aromatic rings. The maximum Gasteiger partial charge on any atom is 0.341 e.